The lowest BCUT2D eigenvalue weighted by molar-refractivity contribution is 0.0187. The fraction of sp³-hybridized carbons (Fsp3) is 0.375. The van der Waals surface area contributed by atoms with Gasteiger partial charge in [0.1, 0.15) is 17.1 Å². The molecule has 0 bridgehead atoms. The van der Waals surface area contributed by atoms with Crippen LogP contribution in [0.25, 0.3) is 22.2 Å². The molecule has 1 amide bonds. The normalized spacial score (nSPS) is 14.5. The molecule has 0 saturated carbocycles. The number of halogens is 2. The molecule has 2 N–H and O–H groups in total. The molecule has 1 aliphatic rings. The maximum atomic E-state index is 15.5. The lowest BCUT2D eigenvalue weighted by Crippen LogP contribution is -2.43. The maximum Gasteiger partial charge on any atom is 0.410 e. The molecule has 3 aromatic heterocycles. The molecule has 1 aromatic carbocycles. The van der Waals surface area contributed by atoms with E-state index in [-0.39, 0.29) is 40.8 Å². The minimum Gasteiger partial charge on any atom is -0.444 e. The van der Waals surface area contributed by atoms with Crippen molar-refractivity contribution in [1.29, 1.82) is 0 Å². The van der Waals surface area contributed by atoms with Gasteiger partial charge in [0.05, 0.1) is 11.3 Å². The van der Waals surface area contributed by atoms with Crippen LogP contribution in [-0.4, -0.2) is 76.3 Å². The standard InChI is InChI=1S/C32H36F2N6O6S/c1-6-38(5)47(44,45)37-25-8-7-24(33)27(28(25)34)29(42)23-18-36-30-22(23)15-20(17-35-30)19-9-14-40(26(41)16-19)21-10-12-39(13-11-21)31(43)46-32(2,3)4/h7-9,14-18,21,37H,6,10-13H2,1-5H3,(H,35,36). The zero-order valence-electron chi connectivity index (χ0n) is 26.6. The number of hydrogen-bond donors (Lipinski definition) is 2. The van der Waals surface area contributed by atoms with Crippen LogP contribution in [0.3, 0.4) is 0 Å². The summed E-state index contributed by atoms with van der Waals surface area (Å²) < 4.78 is 65.3. The molecule has 5 rings (SSSR count). The number of ketones is 1. The number of pyridine rings is 2. The molecule has 1 fully saturated rings. The summed E-state index contributed by atoms with van der Waals surface area (Å²) in [7, 11) is -2.86. The fourth-order valence-electron chi connectivity index (χ4n) is 5.33. The summed E-state index contributed by atoms with van der Waals surface area (Å²) in [4.78, 5) is 47.9. The number of nitrogens with zero attached hydrogens (tertiary/aromatic N) is 4. The van der Waals surface area contributed by atoms with Gasteiger partial charge in [-0.1, -0.05) is 6.92 Å². The molecular weight excluding hydrogens is 634 g/mol. The zero-order chi connectivity index (χ0) is 34.3. The predicted molar refractivity (Wildman–Crippen MR) is 173 cm³/mol. The number of H-pyrrole nitrogens is 1. The summed E-state index contributed by atoms with van der Waals surface area (Å²) in [5.41, 5.74) is -1.20. The van der Waals surface area contributed by atoms with Crippen molar-refractivity contribution in [2.75, 3.05) is 31.4 Å². The van der Waals surface area contributed by atoms with E-state index in [1.165, 1.54) is 25.5 Å². The molecule has 0 unspecified atom stereocenters. The predicted octanol–water partition coefficient (Wildman–Crippen LogP) is 5.08. The van der Waals surface area contributed by atoms with Gasteiger partial charge in [-0.2, -0.15) is 12.7 Å². The first-order chi connectivity index (χ1) is 22.1. The zero-order valence-corrected chi connectivity index (χ0v) is 27.5. The topological polar surface area (TPSA) is 147 Å². The largest absolute Gasteiger partial charge is 0.444 e. The Morgan fingerprint density at radius 3 is 2.47 bits per heavy atom. The number of rotatable bonds is 8. The van der Waals surface area contributed by atoms with Crippen molar-refractivity contribution in [3.8, 4) is 11.1 Å². The van der Waals surface area contributed by atoms with E-state index in [1.54, 1.807) is 55.5 Å². The van der Waals surface area contributed by atoms with Crippen molar-refractivity contribution >= 4 is 38.8 Å². The molecule has 12 nitrogen and oxygen atoms in total. The molecule has 250 valence electrons. The average Bonchev–Trinajstić information content (AvgIpc) is 3.44. The Morgan fingerprint density at radius 1 is 1.13 bits per heavy atom. The number of anilines is 1. The number of amides is 1. The number of ether oxygens (including phenoxy) is 1. The number of aromatic nitrogens is 3. The van der Waals surface area contributed by atoms with Crippen molar-refractivity contribution in [3.63, 3.8) is 0 Å². The number of nitrogens with one attached hydrogen (secondary N) is 2. The summed E-state index contributed by atoms with van der Waals surface area (Å²) in [5.74, 6) is -3.55. The molecule has 0 spiro atoms. The van der Waals surface area contributed by atoms with Gasteiger partial charge in [0.2, 0.25) is 5.78 Å². The van der Waals surface area contributed by atoms with E-state index in [0.717, 1.165) is 16.4 Å². The van der Waals surface area contributed by atoms with E-state index in [1.807, 2.05) is 0 Å². The Bertz CT molecular complexity index is 2010. The van der Waals surface area contributed by atoms with Crippen LogP contribution in [0.5, 0.6) is 0 Å². The highest BCUT2D eigenvalue weighted by Crippen LogP contribution is 2.30. The van der Waals surface area contributed by atoms with Crippen LogP contribution in [0, 0.1) is 11.6 Å². The second-order valence-electron chi connectivity index (χ2n) is 12.3. The van der Waals surface area contributed by atoms with Gasteiger partial charge < -0.3 is 19.2 Å². The Balaban J connectivity index is 1.39. The average molecular weight is 671 g/mol. The third-order valence-electron chi connectivity index (χ3n) is 7.98. The first kappa shape index (κ1) is 33.7. The van der Waals surface area contributed by atoms with Crippen molar-refractivity contribution in [2.24, 2.45) is 0 Å². The number of hydrogen-bond acceptors (Lipinski definition) is 7. The van der Waals surface area contributed by atoms with Crippen LogP contribution in [-0.2, 0) is 14.9 Å². The Labute approximate surface area is 270 Å². The molecule has 0 atom stereocenters. The van der Waals surface area contributed by atoms with Crippen LogP contribution >= 0.6 is 0 Å². The van der Waals surface area contributed by atoms with Gasteiger partial charge in [-0.05, 0) is 63.4 Å². The number of likely N-dealkylation sites (tertiary alicyclic amines) is 1. The highest BCUT2D eigenvalue weighted by Gasteiger charge is 2.29. The van der Waals surface area contributed by atoms with E-state index in [2.05, 4.69) is 14.7 Å². The van der Waals surface area contributed by atoms with Gasteiger partial charge in [-0.15, -0.1) is 0 Å². The van der Waals surface area contributed by atoms with Crippen LogP contribution in [0.2, 0.25) is 0 Å². The maximum absolute atomic E-state index is 15.5. The van der Waals surface area contributed by atoms with Crippen molar-refractivity contribution in [3.05, 3.63) is 82.0 Å². The van der Waals surface area contributed by atoms with Gasteiger partial charge in [-0.25, -0.2) is 18.6 Å². The van der Waals surface area contributed by atoms with Crippen LogP contribution in [0.1, 0.15) is 62.5 Å². The van der Waals surface area contributed by atoms with E-state index in [0.29, 0.717) is 37.1 Å². The van der Waals surface area contributed by atoms with Gasteiger partial charge in [0, 0.05) is 73.9 Å². The van der Waals surface area contributed by atoms with E-state index >= 15 is 4.39 Å². The fourth-order valence-corrected chi connectivity index (χ4v) is 6.27. The Hall–Kier alpha value is -4.63. The van der Waals surface area contributed by atoms with Crippen LogP contribution in [0.4, 0.5) is 19.3 Å². The summed E-state index contributed by atoms with van der Waals surface area (Å²) in [6.45, 7) is 8.00. The lowest BCUT2D eigenvalue weighted by atomic mass is 10.00. The second-order valence-corrected chi connectivity index (χ2v) is 14.1. The summed E-state index contributed by atoms with van der Waals surface area (Å²) in [6.07, 6.45) is 5.22. The van der Waals surface area contributed by atoms with Crippen molar-refractivity contribution < 1.29 is 31.5 Å². The van der Waals surface area contributed by atoms with E-state index in [4.69, 9.17) is 4.74 Å². The van der Waals surface area contributed by atoms with Crippen LogP contribution < -0.4 is 10.3 Å². The van der Waals surface area contributed by atoms with E-state index in [9.17, 15) is 27.2 Å². The van der Waals surface area contributed by atoms with Crippen molar-refractivity contribution in [1.82, 2.24) is 23.7 Å². The summed E-state index contributed by atoms with van der Waals surface area (Å²) in [6, 6.07) is 6.37. The Morgan fingerprint density at radius 2 is 1.83 bits per heavy atom. The first-order valence-electron chi connectivity index (χ1n) is 15.0. The second kappa shape index (κ2) is 12.9. The number of aromatic amines is 1. The number of carbonyl (C=O) groups is 2. The summed E-state index contributed by atoms with van der Waals surface area (Å²) in [5, 5.41) is 0.252. The van der Waals surface area contributed by atoms with Gasteiger partial charge in [0.15, 0.2) is 5.82 Å². The molecule has 0 aliphatic carbocycles. The molecule has 1 saturated heterocycles. The third-order valence-corrected chi connectivity index (χ3v) is 9.54. The van der Waals surface area contributed by atoms with Gasteiger partial charge in [-0.3, -0.25) is 14.3 Å². The van der Waals surface area contributed by atoms with Gasteiger partial charge >= 0.3 is 16.3 Å². The molecule has 1 aliphatic heterocycles. The number of benzene rings is 1. The molecule has 0 radical (unpaired) electrons. The smallest absolute Gasteiger partial charge is 0.410 e. The number of piperidine rings is 1. The summed E-state index contributed by atoms with van der Waals surface area (Å²) >= 11 is 0. The van der Waals surface area contributed by atoms with Crippen molar-refractivity contribution in [2.45, 2.75) is 52.2 Å². The van der Waals surface area contributed by atoms with E-state index < -0.39 is 44.5 Å². The number of fused-ring (bicyclic) bond motifs is 1. The molecular formula is C32H36F2N6O6S. The highest BCUT2D eigenvalue weighted by molar-refractivity contribution is 7.90. The Kier molecular flexibility index (Phi) is 9.24. The molecule has 4 aromatic rings. The molecule has 15 heteroatoms. The quantitative estimate of drug-likeness (QED) is 0.249. The third kappa shape index (κ3) is 7.05. The first-order valence-corrected chi connectivity index (χ1v) is 16.5. The monoisotopic (exact) mass is 670 g/mol. The highest BCUT2D eigenvalue weighted by atomic mass is 32.2. The lowest BCUT2D eigenvalue weighted by Gasteiger charge is -2.34. The van der Waals surface area contributed by atoms with Crippen LogP contribution in [0.15, 0.2) is 53.7 Å². The molecule has 4 heterocycles. The van der Waals surface area contributed by atoms with Gasteiger partial charge in [0.25, 0.3) is 5.56 Å². The minimum absolute atomic E-state index is 0.0945. The SMILES string of the molecule is CCN(C)S(=O)(=O)Nc1ccc(F)c(C(=O)c2c[nH]c3ncc(-c4ccn(C5CCN(C(=O)OC(C)(C)C)CC5)c(=O)c4)cc23)c1F. The minimum atomic E-state index is -4.15. The molecule has 47 heavy (non-hydrogen) atoms. The number of carbonyl (C=O) groups excluding carboxylic acids is 2.